The Hall–Kier alpha value is -2.18. The number of hydrogen-bond acceptors (Lipinski definition) is 3. The Morgan fingerprint density at radius 1 is 1.00 bits per heavy atom. The van der Waals surface area contributed by atoms with E-state index in [9.17, 15) is 4.79 Å². The SMILES string of the molecule is O=C(Oc1ccc(C#Cc2ccccc2)c(S)c1)C1CCCCC1. The van der Waals surface area contributed by atoms with E-state index in [0.29, 0.717) is 10.6 Å². The molecule has 2 aromatic carbocycles. The van der Waals surface area contributed by atoms with E-state index in [1.165, 1.54) is 6.42 Å². The molecular formula is C21H20O2S. The van der Waals surface area contributed by atoms with E-state index >= 15 is 0 Å². The van der Waals surface area contributed by atoms with Crippen molar-refractivity contribution in [1.29, 1.82) is 0 Å². The van der Waals surface area contributed by atoms with Crippen LogP contribution in [-0.2, 0) is 4.79 Å². The quantitative estimate of drug-likeness (QED) is 0.367. The number of benzene rings is 2. The van der Waals surface area contributed by atoms with Gasteiger partial charge in [-0.3, -0.25) is 4.79 Å². The topological polar surface area (TPSA) is 26.3 Å². The van der Waals surface area contributed by atoms with Gasteiger partial charge in [0.15, 0.2) is 0 Å². The summed E-state index contributed by atoms with van der Waals surface area (Å²) in [5.41, 5.74) is 1.78. The van der Waals surface area contributed by atoms with Gasteiger partial charge in [0, 0.05) is 16.0 Å². The van der Waals surface area contributed by atoms with Crippen LogP contribution in [-0.4, -0.2) is 5.97 Å². The molecule has 3 rings (SSSR count). The highest BCUT2D eigenvalue weighted by Crippen LogP contribution is 2.27. The minimum Gasteiger partial charge on any atom is -0.426 e. The Balaban J connectivity index is 1.68. The molecule has 1 aliphatic rings. The van der Waals surface area contributed by atoms with E-state index in [2.05, 4.69) is 24.5 Å². The minimum absolute atomic E-state index is 0.0414. The highest BCUT2D eigenvalue weighted by Gasteiger charge is 2.23. The van der Waals surface area contributed by atoms with Crippen LogP contribution in [0, 0.1) is 17.8 Å². The Bertz CT molecular complexity index is 765. The molecule has 0 radical (unpaired) electrons. The standard InChI is InChI=1S/C21H20O2S/c22-21(18-9-5-2-6-10-18)23-19-14-13-17(20(24)15-19)12-11-16-7-3-1-4-8-16/h1,3-4,7-8,13-15,18,24H,2,5-6,9-10H2. The summed E-state index contributed by atoms with van der Waals surface area (Å²) in [6.07, 6.45) is 5.33. The van der Waals surface area contributed by atoms with E-state index < -0.39 is 0 Å². The first-order valence-electron chi connectivity index (χ1n) is 8.34. The van der Waals surface area contributed by atoms with Crippen LogP contribution in [0.5, 0.6) is 5.75 Å². The molecule has 122 valence electrons. The predicted octanol–water partition coefficient (Wildman–Crippen LogP) is 4.86. The lowest BCUT2D eigenvalue weighted by Crippen LogP contribution is -2.22. The number of carbonyl (C=O) groups excluding carboxylic acids is 1. The van der Waals surface area contributed by atoms with Crippen molar-refractivity contribution >= 4 is 18.6 Å². The summed E-state index contributed by atoms with van der Waals surface area (Å²) in [6.45, 7) is 0. The molecule has 0 bridgehead atoms. The first-order valence-corrected chi connectivity index (χ1v) is 8.79. The van der Waals surface area contributed by atoms with E-state index in [0.717, 1.165) is 36.8 Å². The smallest absolute Gasteiger partial charge is 0.314 e. The first-order chi connectivity index (χ1) is 11.7. The Labute approximate surface area is 148 Å². The van der Waals surface area contributed by atoms with Crippen molar-refractivity contribution in [3.05, 3.63) is 59.7 Å². The van der Waals surface area contributed by atoms with Gasteiger partial charge in [-0.15, -0.1) is 12.6 Å². The van der Waals surface area contributed by atoms with Gasteiger partial charge in [-0.1, -0.05) is 49.3 Å². The van der Waals surface area contributed by atoms with Crippen LogP contribution in [0.25, 0.3) is 0 Å². The molecule has 0 spiro atoms. The summed E-state index contributed by atoms with van der Waals surface area (Å²) < 4.78 is 5.52. The van der Waals surface area contributed by atoms with Crippen molar-refractivity contribution in [3.63, 3.8) is 0 Å². The molecule has 0 heterocycles. The third-order valence-electron chi connectivity index (χ3n) is 4.24. The van der Waals surface area contributed by atoms with Crippen LogP contribution in [0.15, 0.2) is 53.4 Å². The molecule has 1 fully saturated rings. The van der Waals surface area contributed by atoms with E-state index in [1.807, 2.05) is 36.4 Å². The molecule has 1 saturated carbocycles. The average Bonchev–Trinajstić information content (AvgIpc) is 2.62. The monoisotopic (exact) mass is 336 g/mol. The molecule has 1 aliphatic carbocycles. The largest absolute Gasteiger partial charge is 0.426 e. The van der Waals surface area contributed by atoms with Crippen molar-refractivity contribution in [1.82, 2.24) is 0 Å². The van der Waals surface area contributed by atoms with E-state index in [-0.39, 0.29) is 11.9 Å². The van der Waals surface area contributed by atoms with Crippen molar-refractivity contribution in [2.75, 3.05) is 0 Å². The van der Waals surface area contributed by atoms with Crippen LogP contribution >= 0.6 is 12.6 Å². The molecule has 0 amide bonds. The maximum atomic E-state index is 12.2. The highest BCUT2D eigenvalue weighted by atomic mass is 32.1. The van der Waals surface area contributed by atoms with Gasteiger partial charge in [0.25, 0.3) is 0 Å². The molecule has 0 N–H and O–H groups in total. The lowest BCUT2D eigenvalue weighted by Gasteiger charge is -2.19. The van der Waals surface area contributed by atoms with Crippen molar-refractivity contribution in [2.45, 2.75) is 37.0 Å². The van der Waals surface area contributed by atoms with Crippen molar-refractivity contribution in [2.24, 2.45) is 5.92 Å². The maximum absolute atomic E-state index is 12.2. The molecule has 24 heavy (non-hydrogen) atoms. The van der Waals surface area contributed by atoms with Crippen molar-refractivity contribution in [3.8, 4) is 17.6 Å². The number of ether oxygens (including phenoxy) is 1. The van der Waals surface area contributed by atoms with Crippen LogP contribution in [0.4, 0.5) is 0 Å². The molecule has 0 atom stereocenters. The number of rotatable bonds is 2. The Kier molecular flexibility index (Phi) is 5.61. The molecule has 0 saturated heterocycles. The molecular weight excluding hydrogens is 316 g/mol. The van der Waals surface area contributed by atoms with Crippen LogP contribution in [0.2, 0.25) is 0 Å². The number of thiol groups is 1. The molecule has 0 aliphatic heterocycles. The Morgan fingerprint density at radius 3 is 2.46 bits per heavy atom. The van der Waals surface area contributed by atoms with Crippen molar-refractivity contribution < 1.29 is 9.53 Å². The fraction of sp³-hybridized carbons (Fsp3) is 0.286. The molecule has 2 nitrogen and oxygen atoms in total. The highest BCUT2D eigenvalue weighted by molar-refractivity contribution is 7.80. The van der Waals surface area contributed by atoms with Gasteiger partial charge in [-0.2, -0.15) is 0 Å². The normalized spacial score (nSPS) is 14.5. The zero-order chi connectivity index (χ0) is 16.8. The average molecular weight is 336 g/mol. The summed E-state index contributed by atoms with van der Waals surface area (Å²) in [5, 5.41) is 0. The molecule has 0 aromatic heterocycles. The van der Waals surface area contributed by atoms with Gasteiger partial charge < -0.3 is 4.74 Å². The summed E-state index contributed by atoms with van der Waals surface area (Å²) in [5.74, 6) is 6.68. The fourth-order valence-corrected chi connectivity index (χ4v) is 3.14. The Morgan fingerprint density at radius 2 is 1.75 bits per heavy atom. The zero-order valence-electron chi connectivity index (χ0n) is 13.5. The van der Waals surface area contributed by atoms with Gasteiger partial charge in [-0.25, -0.2) is 0 Å². The summed E-state index contributed by atoms with van der Waals surface area (Å²) >= 11 is 4.47. The third kappa shape index (κ3) is 4.43. The molecule has 0 unspecified atom stereocenters. The van der Waals surface area contributed by atoms with Gasteiger partial charge >= 0.3 is 5.97 Å². The molecule has 2 aromatic rings. The predicted molar refractivity (Wildman–Crippen MR) is 98.3 cm³/mol. The number of esters is 1. The van der Waals surface area contributed by atoms with E-state index in [4.69, 9.17) is 4.74 Å². The van der Waals surface area contributed by atoms with Crippen LogP contribution < -0.4 is 4.74 Å². The minimum atomic E-state index is -0.120. The van der Waals surface area contributed by atoms with Gasteiger partial charge in [0.05, 0.1) is 5.92 Å². The number of carbonyl (C=O) groups is 1. The van der Waals surface area contributed by atoms with E-state index in [1.54, 1.807) is 12.1 Å². The summed E-state index contributed by atoms with van der Waals surface area (Å²) in [7, 11) is 0. The third-order valence-corrected chi connectivity index (χ3v) is 4.61. The fourth-order valence-electron chi connectivity index (χ4n) is 2.88. The maximum Gasteiger partial charge on any atom is 0.314 e. The van der Waals surface area contributed by atoms with Crippen LogP contribution in [0.1, 0.15) is 43.2 Å². The lowest BCUT2D eigenvalue weighted by molar-refractivity contribution is -0.140. The molecule has 3 heteroatoms. The summed E-state index contributed by atoms with van der Waals surface area (Å²) in [6, 6.07) is 15.2. The van der Waals surface area contributed by atoms with Gasteiger partial charge in [0.1, 0.15) is 5.75 Å². The first kappa shape index (κ1) is 16.7. The zero-order valence-corrected chi connectivity index (χ0v) is 14.4. The second-order valence-corrected chi connectivity index (χ2v) is 6.53. The number of hydrogen-bond donors (Lipinski definition) is 1. The van der Waals surface area contributed by atoms with Crippen LogP contribution in [0.3, 0.4) is 0 Å². The lowest BCUT2D eigenvalue weighted by atomic mass is 9.89. The summed E-state index contributed by atoms with van der Waals surface area (Å²) in [4.78, 5) is 12.9. The van der Waals surface area contributed by atoms with Gasteiger partial charge in [-0.05, 0) is 43.2 Å². The van der Waals surface area contributed by atoms with Gasteiger partial charge in [0.2, 0.25) is 0 Å². The second kappa shape index (κ2) is 8.08. The second-order valence-electron chi connectivity index (χ2n) is 6.05.